The van der Waals surface area contributed by atoms with Gasteiger partial charge >= 0.3 is 0 Å². The summed E-state index contributed by atoms with van der Waals surface area (Å²) in [6.45, 7) is 5.75. The zero-order valence-corrected chi connectivity index (χ0v) is 10.3. The lowest BCUT2D eigenvalue weighted by atomic mass is 10.2. The largest absolute Gasteiger partial charge is 0.330 e. The van der Waals surface area contributed by atoms with Crippen LogP contribution in [0.2, 0.25) is 0 Å². The second-order valence-electron chi connectivity index (χ2n) is 4.70. The Balaban J connectivity index is 2.54. The number of hydrogen-bond donors (Lipinski definition) is 1. The molecule has 1 aromatic carbocycles. The van der Waals surface area contributed by atoms with Gasteiger partial charge in [-0.2, -0.15) is 0 Å². The van der Waals surface area contributed by atoms with Gasteiger partial charge in [0.2, 0.25) is 0 Å². The van der Waals surface area contributed by atoms with Gasteiger partial charge in [0, 0.05) is 19.0 Å². The molecule has 1 aromatic heterocycles. The van der Waals surface area contributed by atoms with E-state index < -0.39 is 0 Å². The minimum Gasteiger partial charge on any atom is -0.330 e. The Morgan fingerprint density at radius 3 is 2.82 bits per heavy atom. The third-order valence-corrected chi connectivity index (χ3v) is 2.71. The van der Waals surface area contributed by atoms with Crippen molar-refractivity contribution < 1.29 is 4.39 Å². The van der Waals surface area contributed by atoms with Crippen LogP contribution < -0.4 is 5.73 Å². The fraction of sp³-hybridized carbons (Fsp3) is 0.462. The van der Waals surface area contributed by atoms with Gasteiger partial charge in [0.15, 0.2) is 0 Å². The van der Waals surface area contributed by atoms with Crippen molar-refractivity contribution in [3.8, 4) is 0 Å². The molecule has 2 rings (SSSR count). The SMILES string of the molecule is CC(C)Cn1c(CCN)nc2cc(F)ccc21. The van der Waals surface area contributed by atoms with Gasteiger partial charge < -0.3 is 10.3 Å². The molecule has 0 aliphatic rings. The normalized spacial score (nSPS) is 11.6. The van der Waals surface area contributed by atoms with Crippen LogP contribution in [0.3, 0.4) is 0 Å². The van der Waals surface area contributed by atoms with Crippen LogP contribution in [0.5, 0.6) is 0 Å². The molecule has 1 heterocycles. The maximum absolute atomic E-state index is 13.2. The molecule has 92 valence electrons. The molecule has 0 amide bonds. The molecule has 4 heteroatoms. The number of fused-ring (bicyclic) bond motifs is 1. The summed E-state index contributed by atoms with van der Waals surface area (Å²) in [4.78, 5) is 4.46. The molecule has 0 unspecified atom stereocenters. The Bertz CT molecular complexity index is 517. The summed E-state index contributed by atoms with van der Waals surface area (Å²) in [6.07, 6.45) is 0.725. The Morgan fingerprint density at radius 2 is 2.18 bits per heavy atom. The van der Waals surface area contributed by atoms with Crippen molar-refractivity contribution in [1.82, 2.24) is 9.55 Å². The van der Waals surface area contributed by atoms with E-state index in [1.165, 1.54) is 12.1 Å². The van der Waals surface area contributed by atoms with E-state index in [1.807, 2.05) is 0 Å². The van der Waals surface area contributed by atoms with Crippen LogP contribution in [0.15, 0.2) is 18.2 Å². The second kappa shape index (κ2) is 4.84. The first kappa shape index (κ1) is 12.0. The zero-order valence-electron chi connectivity index (χ0n) is 10.3. The molecule has 0 fully saturated rings. The van der Waals surface area contributed by atoms with Crippen molar-refractivity contribution in [1.29, 1.82) is 0 Å². The zero-order chi connectivity index (χ0) is 12.4. The number of nitrogens with two attached hydrogens (primary N) is 1. The lowest BCUT2D eigenvalue weighted by Gasteiger charge is -2.11. The van der Waals surface area contributed by atoms with E-state index in [0.29, 0.717) is 18.0 Å². The van der Waals surface area contributed by atoms with Crippen molar-refractivity contribution in [3.63, 3.8) is 0 Å². The van der Waals surface area contributed by atoms with E-state index in [1.54, 1.807) is 6.07 Å². The maximum atomic E-state index is 13.2. The van der Waals surface area contributed by atoms with Gasteiger partial charge in [-0.25, -0.2) is 9.37 Å². The molecule has 3 nitrogen and oxygen atoms in total. The molecule has 0 atom stereocenters. The highest BCUT2D eigenvalue weighted by Gasteiger charge is 2.11. The molecule has 17 heavy (non-hydrogen) atoms. The third kappa shape index (κ3) is 2.47. The second-order valence-corrected chi connectivity index (χ2v) is 4.70. The number of benzene rings is 1. The highest BCUT2D eigenvalue weighted by Crippen LogP contribution is 2.19. The van der Waals surface area contributed by atoms with E-state index in [0.717, 1.165) is 24.3 Å². The predicted octanol–water partition coefficient (Wildman–Crippen LogP) is 2.33. The standard InChI is InChI=1S/C13H18FN3/c1-9(2)8-17-12-4-3-10(14)7-11(12)16-13(17)5-6-15/h3-4,7,9H,5-6,8,15H2,1-2H3. The molecule has 2 aromatic rings. The van der Waals surface area contributed by atoms with E-state index in [-0.39, 0.29) is 5.82 Å². The Kier molecular flexibility index (Phi) is 3.43. The van der Waals surface area contributed by atoms with Crippen molar-refractivity contribution >= 4 is 11.0 Å². The fourth-order valence-corrected chi connectivity index (χ4v) is 2.04. The number of rotatable bonds is 4. The van der Waals surface area contributed by atoms with E-state index in [4.69, 9.17) is 5.73 Å². The lowest BCUT2D eigenvalue weighted by Crippen LogP contribution is -2.12. The van der Waals surface area contributed by atoms with Crippen molar-refractivity contribution in [2.75, 3.05) is 6.54 Å². The summed E-state index contributed by atoms with van der Waals surface area (Å²) in [5, 5.41) is 0. The Morgan fingerprint density at radius 1 is 1.41 bits per heavy atom. The molecule has 0 aliphatic heterocycles. The number of imidazole rings is 1. The Hall–Kier alpha value is -1.42. The molecule has 0 aliphatic carbocycles. The van der Waals surface area contributed by atoms with E-state index >= 15 is 0 Å². The van der Waals surface area contributed by atoms with Gasteiger partial charge in [-0.05, 0) is 24.6 Å². The van der Waals surface area contributed by atoms with E-state index in [9.17, 15) is 4.39 Å². The van der Waals surface area contributed by atoms with Crippen LogP contribution in [-0.2, 0) is 13.0 Å². The molecule has 0 saturated carbocycles. The van der Waals surface area contributed by atoms with Crippen LogP contribution in [-0.4, -0.2) is 16.1 Å². The first-order valence-electron chi connectivity index (χ1n) is 5.96. The van der Waals surface area contributed by atoms with Crippen LogP contribution in [0, 0.1) is 11.7 Å². The van der Waals surface area contributed by atoms with Gasteiger partial charge in [-0.1, -0.05) is 13.8 Å². The number of hydrogen-bond acceptors (Lipinski definition) is 2. The number of halogens is 1. The molecule has 0 radical (unpaired) electrons. The van der Waals surface area contributed by atoms with Crippen molar-refractivity contribution in [3.05, 3.63) is 29.8 Å². The summed E-state index contributed by atoms with van der Waals surface area (Å²) in [5.41, 5.74) is 7.29. The maximum Gasteiger partial charge on any atom is 0.125 e. The molecule has 0 bridgehead atoms. The smallest absolute Gasteiger partial charge is 0.125 e. The average Bonchev–Trinajstić information content (AvgIpc) is 2.56. The van der Waals surface area contributed by atoms with Gasteiger partial charge in [0.1, 0.15) is 11.6 Å². The van der Waals surface area contributed by atoms with Crippen LogP contribution in [0.1, 0.15) is 19.7 Å². The summed E-state index contributed by atoms with van der Waals surface area (Å²) in [7, 11) is 0. The van der Waals surface area contributed by atoms with Crippen LogP contribution in [0.4, 0.5) is 4.39 Å². The minimum absolute atomic E-state index is 0.244. The van der Waals surface area contributed by atoms with Crippen LogP contribution >= 0.6 is 0 Å². The van der Waals surface area contributed by atoms with Gasteiger partial charge in [0.25, 0.3) is 0 Å². The Labute approximate surface area is 100 Å². The van der Waals surface area contributed by atoms with Crippen molar-refractivity contribution in [2.24, 2.45) is 11.7 Å². The topological polar surface area (TPSA) is 43.8 Å². The summed E-state index contributed by atoms with van der Waals surface area (Å²) >= 11 is 0. The predicted molar refractivity (Wildman–Crippen MR) is 67.3 cm³/mol. The minimum atomic E-state index is -0.244. The fourth-order valence-electron chi connectivity index (χ4n) is 2.04. The average molecular weight is 235 g/mol. The molecule has 0 spiro atoms. The van der Waals surface area contributed by atoms with Gasteiger partial charge in [-0.3, -0.25) is 0 Å². The van der Waals surface area contributed by atoms with E-state index in [2.05, 4.69) is 23.4 Å². The first-order chi connectivity index (χ1) is 8.11. The highest BCUT2D eigenvalue weighted by atomic mass is 19.1. The summed E-state index contributed by atoms with van der Waals surface area (Å²) in [6, 6.07) is 4.75. The third-order valence-electron chi connectivity index (χ3n) is 2.71. The quantitative estimate of drug-likeness (QED) is 0.884. The summed E-state index contributed by atoms with van der Waals surface area (Å²) in [5.74, 6) is 1.22. The number of nitrogens with zero attached hydrogens (tertiary/aromatic N) is 2. The van der Waals surface area contributed by atoms with Gasteiger partial charge in [-0.15, -0.1) is 0 Å². The lowest BCUT2D eigenvalue weighted by molar-refractivity contribution is 0.517. The molecule has 2 N–H and O–H groups in total. The molecular weight excluding hydrogens is 217 g/mol. The van der Waals surface area contributed by atoms with Crippen LogP contribution in [0.25, 0.3) is 11.0 Å². The highest BCUT2D eigenvalue weighted by molar-refractivity contribution is 5.76. The monoisotopic (exact) mass is 235 g/mol. The molecular formula is C13H18FN3. The van der Waals surface area contributed by atoms with Crippen molar-refractivity contribution in [2.45, 2.75) is 26.8 Å². The molecule has 0 saturated heterocycles. The number of aromatic nitrogens is 2. The first-order valence-corrected chi connectivity index (χ1v) is 5.96. The van der Waals surface area contributed by atoms with Gasteiger partial charge in [0.05, 0.1) is 11.0 Å². The summed E-state index contributed by atoms with van der Waals surface area (Å²) < 4.78 is 15.3.